The van der Waals surface area contributed by atoms with Crippen molar-refractivity contribution in [2.45, 2.75) is 39.8 Å². The standard InChI is InChI=1S/C6H15N.CH2N4/c1-5(2)7-6(3)4;1-2-4-5-3-1/h5-7H,1-4H3;1H,(H,2,3,4,5)/p+1. The Balaban J connectivity index is 0.000000211. The van der Waals surface area contributed by atoms with Crippen molar-refractivity contribution in [3.63, 3.8) is 0 Å². The zero-order valence-electron chi connectivity index (χ0n) is 8.15. The van der Waals surface area contributed by atoms with E-state index in [1.807, 2.05) is 0 Å². The Kier molecular flexibility index (Phi) is 6.18. The molecule has 12 heavy (non-hydrogen) atoms. The molecular weight excluding hydrogens is 154 g/mol. The molecular formula is C7H18N5+. The highest BCUT2D eigenvalue weighted by Gasteiger charge is 1.96. The molecule has 1 heterocycles. The lowest BCUT2D eigenvalue weighted by Crippen LogP contribution is -2.92. The van der Waals surface area contributed by atoms with Gasteiger partial charge in [0.1, 0.15) is 0 Å². The Labute approximate surface area is 73.0 Å². The van der Waals surface area contributed by atoms with Gasteiger partial charge in [-0.25, -0.2) is 0 Å². The number of rotatable bonds is 2. The topological polar surface area (TPSA) is 71.1 Å². The van der Waals surface area contributed by atoms with Gasteiger partial charge in [0.25, 0.3) is 0 Å². The van der Waals surface area contributed by atoms with E-state index in [9.17, 15) is 0 Å². The van der Waals surface area contributed by atoms with Crippen LogP contribution in [0.15, 0.2) is 6.33 Å². The van der Waals surface area contributed by atoms with E-state index in [2.05, 4.69) is 53.6 Å². The van der Waals surface area contributed by atoms with E-state index in [0.29, 0.717) is 0 Å². The molecule has 70 valence electrons. The summed E-state index contributed by atoms with van der Waals surface area (Å²) in [6.07, 6.45) is 1.33. The van der Waals surface area contributed by atoms with E-state index in [0.717, 1.165) is 12.1 Å². The largest absolute Gasteiger partial charge is 0.342 e. The fraction of sp³-hybridized carbons (Fsp3) is 0.857. The number of H-pyrrole nitrogens is 1. The molecule has 3 N–H and O–H groups in total. The van der Waals surface area contributed by atoms with Crippen LogP contribution in [0.3, 0.4) is 0 Å². The lowest BCUT2D eigenvalue weighted by atomic mass is 10.3. The van der Waals surface area contributed by atoms with Crippen molar-refractivity contribution in [3.8, 4) is 0 Å². The first-order valence-electron chi connectivity index (χ1n) is 4.14. The van der Waals surface area contributed by atoms with Crippen LogP contribution in [0.1, 0.15) is 27.7 Å². The van der Waals surface area contributed by atoms with E-state index in [1.54, 1.807) is 0 Å². The predicted octanol–water partition coefficient (Wildman–Crippen LogP) is -0.434. The number of quaternary nitrogens is 1. The number of nitrogens with zero attached hydrogens (tertiary/aromatic N) is 3. The monoisotopic (exact) mass is 172 g/mol. The summed E-state index contributed by atoms with van der Waals surface area (Å²) < 4.78 is 0. The molecule has 0 bridgehead atoms. The minimum atomic E-state index is 0.750. The van der Waals surface area contributed by atoms with Crippen LogP contribution in [0, 0.1) is 0 Å². The molecule has 0 saturated heterocycles. The summed E-state index contributed by atoms with van der Waals surface area (Å²) in [4.78, 5) is 0. The number of tetrazole rings is 1. The number of aromatic nitrogens is 4. The minimum absolute atomic E-state index is 0.750. The van der Waals surface area contributed by atoms with Gasteiger partial charge in [-0.05, 0) is 27.7 Å². The third-order valence-corrected chi connectivity index (χ3v) is 1.04. The molecule has 0 unspecified atom stereocenters. The molecule has 0 atom stereocenters. The number of hydrogen-bond donors (Lipinski definition) is 2. The smallest absolute Gasteiger partial charge is 0.161 e. The Morgan fingerprint density at radius 3 is 1.83 bits per heavy atom. The molecule has 0 fully saturated rings. The molecule has 1 aromatic heterocycles. The fourth-order valence-corrected chi connectivity index (χ4v) is 0.899. The summed E-state index contributed by atoms with van der Waals surface area (Å²) in [7, 11) is 0. The molecule has 0 aliphatic heterocycles. The Bertz CT molecular complexity index is 135. The Hall–Kier alpha value is -0.970. The number of aromatic amines is 1. The zero-order chi connectivity index (χ0) is 9.40. The Morgan fingerprint density at radius 1 is 1.17 bits per heavy atom. The molecule has 0 saturated carbocycles. The molecule has 0 radical (unpaired) electrons. The van der Waals surface area contributed by atoms with Gasteiger partial charge in [0.05, 0.1) is 12.1 Å². The lowest BCUT2D eigenvalue weighted by Gasteiger charge is -2.06. The second-order valence-corrected chi connectivity index (χ2v) is 3.24. The average molecular weight is 172 g/mol. The van der Waals surface area contributed by atoms with Gasteiger partial charge in [-0.2, -0.15) is 5.21 Å². The van der Waals surface area contributed by atoms with Crippen molar-refractivity contribution in [2.24, 2.45) is 0 Å². The third-order valence-electron chi connectivity index (χ3n) is 1.04. The maximum Gasteiger partial charge on any atom is 0.161 e. The predicted molar refractivity (Wildman–Crippen MR) is 46.4 cm³/mol. The van der Waals surface area contributed by atoms with Crippen LogP contribution in [0.2, 0.25) is 0 Å². The number of hydrogen-bond acceptors (Lipinski definition) is 3. The van der Waals surface area contributed by atoms with Gasteiger partial charge < -0.3 is 5.32 Å². The van der Waals surface area contributed by atoms with E-state index >= 15 is 0 Å². The maximum absolute atomic E-state index is 3.38. The molecule has 0 spiro atoms. The highest BCUT2D eigenvalue weighted by Crippen LogP contribution is 1.67. The SMILES string of the molecule is CC(C)[NH2+]C(C)C.c1nn[nH]n1. The van der Waals surface area contributed by atoms with Gasteiger partial charge in [0.2, 0.25) is 0 Å². The summed E-state index contributed by atoms with van der Waals surface area (Å²) in [6.45, 7) is 8.83. The van der Waals surface area contributed by atoms with Gasteiger partial charge >= 0.3 is 0 Å². The van der Waals surface area contributed by atoms with Gasteiger partial charge in [0, 0.05) is 0 Å². The van der Waals surface area contributed by atoms with E-state index in [4.69, 9.17) is 0 Å². The van der Waals surface area contributed by atoms with Crippen LogP contribution in [-0.4, -0.2) is 32.7 Å². The van der Waals surface area contributed by atoms with E-state index in [-0.39, 0.29) is 0 Å². The zero-order valence-corrected chi connectivity index (χ0v) is 8.15. The normalized spacial score (nSPS) is 9.83. The van der Waals surface area contributed by atoms with Gasteiger partial charge in [0.15, 0.2) is 6.33 Å². The first-order valence-corrected chi connectivity index (χ1v) is 4.14. The summed E-state index contributed by atoms with van der Waals surface area (Å²) in [5.41, 5.74) is 0. The van der Waals surface area contributed by atoms with Crippen molar-refractivity contribution >= 4 is 0 Å². The van der Waals surface area contributed by atoms with Crippen LogP contribution in [0.4, 0.5) is 0 Å². The molecule has 0 aromatic carbocycles. The van der Waals surface area contributed by atoms with Crippen LogP contribution < -0.4 is 5.32 Å². The molecule has 5 nitrogen and oxygen atoms in total. The van der Waals surface area contributed by atoms with Gasteiger partial charge in [-0.3, -0.25) is 0 Å². The molecule has 0 amide bonds. The third kappa shape index (κ3) is 9.03. The van der Waals surface area contributed by atoms with Crippen LogP contribution in [0.25, 0.3) is 0 Å². The van der Waals surface area contributed by atoms with Crippen molar-refractivity contribution in [1.82, 2.24) is 20.6 Å². The van der Waals surface area contributed by atoms with Gasteiger partial charge in [-0.15, -0.1) is 10.2 Å². The van der Waals surface area contributed by atoms with Crippen molar-refractivity contribution in [1.29, 1.82) is 0 Å². The second kappa shape index (κ2) is 6.72. The van der Waals surface area contributed by atoms with Crippen molar-refractivity contribution in [3.05, 3.63) is 6.33 Å². The van der Waals surface area contributed by atoms with E-state index < -0.39 is 0 Å². The average Bonchev–Trinajstić information content (AvgIpc) is 2.36. The molecule has 5 heteroatoms. The van der Waals surface area contributed by atoms with Crippen LogP contribution in [-0.2, 0) is 0 Å². The summed E-state index contributed by atoms with van der Waals surface area (Å²) in [6, 6.07) is 1.50. The van der Waals surface area contributed by atoms with Crippen molar-refractivity contribution in [2.75, 3.05) is 0 Å². The lowest BCUT2D eigenvalue weighted by molar-refractivity contribution is -0.709. The molecule has 0 aliphatic rings. The molecule has 1 aromatic rings. The first kappa shape index (κ1) is 11.0. The minimum Gasteiger partial charge on any atom is -0.342 e. The number of nitrogens with two attached hydrogens (primary N) is 1. The maximum atomic E-state index is 3.38. The van der Waals surface area contributed by atoms with Gasteiger partial charge in [-0.1, -0.05) is 5.21 Å². The highest BCUT2D eigenvalue weighted by molar-refractivity contribution is 4.31. The summed E-state index contributed by atoms with van der Waals surface area (Å²) >= 11 is 0. The quantitative estimate of drug-likeness (QED) is 0.635. The van der Waals surface area contributed by atoms with Crippen LogP contribution in [0.5, 0.6) is 0 Å². The molecule has 0 aliphatic carbocycles. The highest BCUT2D eigenvalue weighted by atomic mass is 15.5. The second-order valence-electron chi connectivity index (χ2n) is 3.24. The summed E-state index contributed by atoms with van der Waals surface area (Å²) in [5.74, 6) is 0. The van der Waals surface area contributed by atoms with Crippen LogP contribution >= 0.6 is 0 Å². The van der Waals surface area contributed by atoms with E-state index in [1.165, 1.54) is 6.33 Å². The number of nitrogens with one attached hydrogen (secondary N) is 1. The Morgan fingerprint density at radius 2 is 1.75 bits per heavy atom. The van der Waals surface area contributed by atoms with Crippen molar-refractivity contribution < 1.29 is 5.32 Å². The fourth-order valence-electron chi connectivity index (χ4n) is 0.899. The molecule has 1 rings (SSSR count). The first-order chi connectivity index (χ1) is 5.63. The summed E-state index contributed by atoms with van der Waals surface area (Å²) in [5, 5.41) is 14.5.